The quantitative estimate of drug-likeness (QED) is 0.753. The summed E-state index contributed by atoms with van der Waals surface area (Å²) in [6.45, 7) is 5.01. The van der Waals surface area contributed by atoms with Gasteiger partial charge in [-0.15, -0.1) is 0 Å². The highest BCUT2D eigenvalue weighted by molar-refractivity contribution is 5.07. The van der Waals surface area contributed by atoms with Crippen molar-refractivity contribution in [1.82, 2.24) is 14.9 Å². The molecule has 1 aliphatic heterocycles. The molecule has 0 atom stereocenters. The molecule has 0 radical (unpaired) electrons. The smallest absolute Gasteiger partial charge is 0.316 e. The van der Waals surface area contributed by atoms with Gasteiger partial charge < -0.3 is 9.47 Å². The number of ether oxygens (including phenoxy) is 2. The predicted octanol–water partition coefficient (Wildman–Crippen LogP) is 1.88. The highest BCUT2D eigenvalue weighted by Gasteiger charge is 2.42. The Morgan fingerprint density at radius 3 is 2.79 bits per heavy atom. The van der Waals surface area contributed by atoms with Gasteiger partial charge in [-0.1, -0.05) is 19.8 Å². The molecule has 5 heteroatoms. The third-order valence-corrected chi connectivity index (χ3v) is 3.70. The number of rotatable bonds is 7. The molecule has 2 rings (SSSR count). The summed E-state index contributed by atoms with van der Waals surface area (Å²) in [6, 6.07) is 2.36. The Hall–Kier alpha value is -1.20. The summed E-state index contributed by atoms with van der Waals surface area (Å²) >= 11 is 0. The van der Waals surface area contributed by atoms with Gasteiger partial charge in [0.1, 0.15) is 0 Å². The molecule has 0 spiro atoms. The van der Waals surface area contributed by atoms with E-state index in [4.69, 9.17) is 9.47 Å². The minimum Gasteiger partial charge on any atom is -0.467 e. The van der Waals surface area contributed by atoms with E-state index in [9.17, 15) is 0 Å². The summed E-state index contributed by atoms with van der Waals surface area (Å²) in [5.41, 5.74) is 1.06. The van der Waals surface area contributed by atoms with Gasteiger partial charge in [-0.25, -0.2) is 4.98 Å². The van der Waals surface area contributed by atoms with E-state index in [1.807, 2.05) is 13.2 Å². The summed E-state index contributed by atoms with van der Waals surface area (Å²) in [6.07, 6.45) is 5.32. The first-order valence-corrected chi connectivity index (χ1v) is 6.85. The van der Waals surface area contributed by atoms with Crippen LogP contribution in [0.4, 0.5) is 0 Å². The van der Waals surface area contributed by atoms with Crippen molar-refractivity contribution in [3.8, 4) is 6.01 Å². The highest BCUT2D eigenvalue weighted by Crippen LogP contribution is 2.30. The molecule has 0 aliphatic carbocycles. The minimum absolute atomic E-state index is 0.0626. The molecule has 5 nitrogen and oxygen atoms in total. The van der Waals surface area contributed by atoms with Gasteiger partial charge in [-0.2, -0.15) is 4.98 Å². The molecule has 2 heterocycles. The van der Waals surface area contributed by atoms with E-state index in [0.29, 0.717) is 6.01 Å². The number of unbranched alkanes of at least 4 members (excludes halogenated alkanes) is 1. The van der Waals surface area contributed by atoms with Crippen molar-refractivity contribution in [2.45, 2.75) is 38.3 Å². The van der Waals surface area contributed by atoms with E-state index >= 15 is 0 Å². The second kappa shape index (κ2) is 6.30. The molecule has 1 aliphatic rings. The number of likely N-dealkylation sites (tertiary alicyclic amines) is 1. The molecular formula is C14H23N3O2. The highest BCUT2D eigenvalue weighted by atomic mass is 16.5. The van der Waals surface area contributed by atoms with Gasteiger partial charge in [-0.3, -0.25) is 4.90 Å². The largest absolute Gasteiger partial charge is 0.467 e. The van der Waals surface area contributed by atoms with Gasteiger partial charge in [0.25, 0.3) is 0 Å². The van der Waals surface area contributed by atoms with Crippen molar-refractivity contribution >= 4 is 0 Å². The van der Waals surface area contributed by atoms with Crippen molar-refractivity contribution in [1.29, 1.82) is 0 Å². The van der Waals surface area contributed by atoms with Crippen LogP contribution < -0.4 is 4.74 Å². The molecule has 0 unspecified atom stereocenters. The zero-order valence-corrected chi connectivity index (χ0v) is 12.1. The van der Waals surface area contributed by atoms with Crippen molar-refractivity contribution < 1.29 is 9.47 Å². The standard InChI is InChI=1S/C14H23N3O2/c1-4-5-7-14(19-3)10-17(11-14)9-12-6-8-15-13(16-12)18-2/h6,8H,4-5,7,9-11H2,1-3H3. The Labute approximate surface area is 115 Å². The molecule has 1 saturated heterocycles. The Bertz CT molecular complexity index is 405. The Morgan fingerprint density at radius 2 is 2.16 bits per heavy atom. The Balaban J connectivity index is 1.86. The summed E-state index contributed by atoms with van der Waals surface area (Å²) in [4.78, 5) is 10.7. The van der Waals surface area contributed by atoms with Crippen LogP contribution in [0.15, 0.2) is 12.3 Å². The number of methoxy groups -OCH3 is 2. The number of aromatic nitrogens is 2. The average molecular weight is 265 g/mol. The van der Waals surface area contributed by atoms with Crippen LogP contribution in [0.1, 0.15) is 31.9 Å². The molecule has 0 bridgehead atoms. The molecule has 106 valence electrons. The third kappa shape index (κ3) is 3.42. The Morgan fingerprint density at radius 1 is 1.37 bits per heavy atom. The zero-order valence-electron chi connectivity index (χ0n) is 12.1. The zero-order chi connectivity index (χ0) is 13.7. The molecule has 1 fully saturated rings. The lowest BCUT2D eigenvalue weighted by atomic mass is 9.88. The Kier molecular flexibility index (Phi) is 4.71. The minimum atomic E-state index is 0.0626. The SMILES string of the molecule is CCCCC1(OC)CN(Cc2ccnc(OC)n2)C1. The van der Waals surface area contributed by atoms with Crippen LogP contribution in [-0.2, 0) is 11.3 Å². The van der Waals surface area contributed by atoms with Crippen molar-refractivity contribution in [3.05, 3.63) is 18.0 Å². The van der Waals surface area contributed by atoms with Gasteiger partial charge in [0.15, 0.2) is 0 Å². The van der Waals surface area contributed by atoms with Crippen LogP contribution in [-0.4, -0.2) is 47.8 Å². The lowest BCUT2D eigenvalue weighted by molar-refractivity contribution is -0.133. The molecule has 0 aromatic carbocycles. The first-order valence-electron chi connectivity index (χ1n) is 6.85. The summed E-state index contributed by atoms with van der Waals surface area (Å²) in [5, 5.41) is 0. The summed E-state index contributed by atoms with van der Waals surface area (Å²) in [5.74, 6) is 0. The molecule has 1 aromatic heterocycles. The van der Waals surface area contributed by atoms with Gasteiger partial charge in [0.05, 0.1) is 18.4 Å². The molecule has 0 amide bonds. The van der Waals surface area contributed by atoms with E-state index in [0.717, 1.165) is 31.7 Å². The average Bonchev–Trinajstić information content (AvgIpc) is 2.41. The van der Waals surface area contributed by atoms with E-state index < -0.39 is 0 Å². The first-order chi connectivity index (χ1) is 9.21. The summed E-state index contributed by atoms with van der Waals surface area (Å²) < 4.78 is 10.7. The van der Waals surface area contributed by atoms with E-state index in [1.54, 1.807) is 13.3 Å². The molecule has 19 heavy (non-hydrogen) atoms. The van der Waals surface area contributed by atoms with Gasteiger partial charge in [0, 0.05) is 32.9 Å². The maximum Gasteiger partial charge on any atom is 0.316 e. The van der Waals surface area contributed by atoms with Crippen LogP contribution in [0.3, 0.4) is 0 Å². The topological polar surface area (TPSA) is 47.5 Å². The normalized spacial score (nSPS) is 18.1. The fourth-order valence-corrected chi connectivity index (χ4v) is 2.56. The summed E-state index contributed by atoms with van der Waals surface area (Å²) in [7, 11) is 3.41. The maximum absolute atomic E-state index is 5.69. The molecule has 0 N–H and O–H groups in total. The van der Waals surface area contributed by atoms with Crippen LogP contribution in [0.5, 0.6) is 6.01 Å². The number of hydrogen-bond acceptors (Lipinski definition) is 5. The fourth-order valence-electron chi connectivity index (χ4n) is 2.56. The van der Waals surface area contributed by atoms with E-state index in [-0.39, 0.29) is 5.60 Å². The van der Waals surface area contributed by atoms with Crippen LogP contribution in [0, 0.1) is 0 Å². The lowest BCUT2D eigenvalue weighted by Gasteiger charge is -2.49. The number of nitrogens with zero attached hydrogens (tertiary/aromatic N) is 3. The van der Waals surface area contributed by atoms with E-state index in [1.165, 1.54) is 12.8 Å². The van der Waals surface area contributed by atoms with Crippen molar-refractivity contribution in [2.75, 3.05) is 27.3 Å². The molecule has 1 aromatic rings. The van der Waals surface area contributed by atoms with Crippen molar-refractivity contribution in [2.24, 2.45) is 0 Å². The maximum atomic E-state index is 5.69. The van der Waals surface area contributed by atoms with Crippen molar-refractivity contribution in [3.63, 3.8) is 0 Å². The van der Waals surface area contributed by atoms with E-state index in [2.05, 4.69) is 21.8 Å². The van der Waals surface area contributed by atoms with Gasteiger partial charge in [0.2, 0.25) is 0 Å². The monoisotopic (exact) mass is 265 g/mol. The first kappa shape index (κ1) is 14.2. The second-order valence-electron chi connectivity index (χ2n) is 5.17. The predicted molar refractivity (Wildman–Crippen MR) is 73.1 cm³/mol. The van der Waals surface area contributed by atoms with Crippen LogP contribution in [0.25, 0.3) is 0 Å². The lowest BCUT2D eigenvalue weighted by Crippen LogP contribution is -2.62. The fraction of sp³-hybridized carbons (Fsp3) is 0.714. The van der Waals surface area contributed by atoms with Gasteiger partial charge in [-0.05, 0) is 12.5 Å². The second-order valence-corrected chi connectivity index (χ2v) is 5.17. The molecular weight excluding hydrogens is 242 g/mol. The van der Waals surface area contributed by atoms with Crippen LogP contribution >= 0.6 is 0 Å². The number of hydrogen-bond donors (Lipinski definition) is 0. The third-order valence-electron chi connectivity index (χ3n) is 3.70. The molecule has 0 saturated carbocycles. The van der Waals surface area contributed by atoms with Gasteiger partial charge >= 0.3 is 6.01 Å². The van der Waals surface area contributed by atoms with Crippen LogP contribution in [0.2, 0.25) is 0 Å².